The van der Waals surface area contributed by atoms with Gasteiger partial charge in [0.25, 0.3) is 0 Å². The standard InChI is InChI=1S/C18H23N3/c1-14-4-2-3-5-17(14)20-9-11-21-10-8-16-12-15(13-19)6-7-18(16)21/h6-8,10,12,14,17,20H,2-5,9,11H2,1H3. The maximum absolute atomic E-state index is 8.95. The van der Waals surface area contributed by atoms with Crippen LogP contribution in [0.15, 0.2) is 30.5 Å². The minimum Gasteiger partial charge on any atom is -0.346 e. The fourth-order valence-electron chi connectivity index (χ4n) is 3.45. The molecule has 21 heavy (non-hydrogen) atoms. The Kier molecular flexibility index (Phi) is 4.26. The Morgan fingerprint density at radius 1 is 1.29 bits per heavy atom. The van der Waals surface area contributed by atoms with Crippen LogP contribution in [0.2, 0.25) is 0 Å². The number of rotatable bonds is 4. The van der Waals surface area contributed by atoms with Crippen molar-refractivity contribution in [3.05, 3.63) is 36.0 Å². The Morgan fingerprint density at radius 2 is 2.14 bits per heavy atom. The number of benzene rings is 1. The van der Waals surface area contributed by atoms with E-state index < -0.39 is 0 Å². The van der Waals surface area contributed by atoms with Gasteiger partial charge in [-0.2, -0.15) is 5.26 Å². The first-order chi connectivity index (χ1) is 10.3. The van der Waals surface area contributed by atoms with Crippen LogP contribution in [0.4, 0.5) is 0 Å². The monoisotopic (exact) mass is 281 g/mol. The molecule has 0 spiro atoms. The molecule has 2 unspecified atom stereocenters. The molecular formula is C18H23N3. The molecule has 1 aliphatic carbocycles. The second-order valence-corrected chi connectivity index (χ2v) is 6.22. The van der Waals surface area contributed by atoms with Crippen molar-refractivity contribution < 1.29 is 0 Å². The van der Waals surface area contributed by atoms with Crippen molar-refractivity contribution in [2.75, 3.05) is 6.54 Å². The van der Waals surface area contributed by atoms with E-state index in [9.17, 15) is 0 Å². The molecule has 3 heteroatoms. The van der Waals surface area contributed by atoms with Crippen LogP contribution in [0.5, 0.6) is 0 Å². The van der Waals surface area contributed by atoms with E-state index in [1.54, 1.807) is 0 Å². The first-order valence-electron chi connectivity index (χ1n) is 8.00. The quantitative estimate of drug-likeness (QED) is 0.928. The number of aromatic nitrogens is 1. The summed E-state index contributed by atoms with van der Waals surface area (Å²) >= 11 is 0. The molecule has 110 valence electrons. The Balaban J connectivity index is 1.62. The average molecular weight is 281 g/mol. The fourth-order valence-corrected chi connectivity index (χ4v) is 3.45. The minimum absolute atomic E-state index is 0.686. The fraction of sp³-hybridized carbons (Fsp3) is 0.500. The van der Waals surface area contributed by atoms with E-state index >= 15 is 0 Å². The molecule has 0 amide bonds. The summed E-state index contributed by atoms with van der Waals surface area (Å²) in [6.07, 6.45) is 7.56. The number of hydrogen-bond donors (Lipinski definition) is 1. The zero-order valence-corrected chi connectivity index (χ0v) is 12.7. The van der Waals surface area contributed by atoms with Crippen molar-refractivity contribution in [1.82, 2.24) is 9.88 Å². The average Bonchev–Trinajstić information content (AvgIpc) is 2.91. The van der Waals surface area contributed by atoms with Gasteiger partial charge < -0.3 is 9.88 Å². The van der Waals surface area contributed by atoms with Gasteiger partial charge in [-0.3, -0.25) is 0 Å². The highest BCUT2D eigenvalue weighted by molar-refractivity contribution is 5.81. The maximum atomic E-state index is 8.95. The van der Waals surface area contributed by atoms with E-state index in [1.165, 1.54) is 31.2 Å². The van der Waals surface area contributed by atoms with Gasteiger partial charge in [0.2, 0.25) is 0 Å². The topological polar surface area (TPSA) is 40.8 Å². The molecule has 1 aromatic carbocycles. The van der Waals surface area contributed by atoms with Crippen molar-refractivity contribution in [3.8, 4) is 6.07 Å². The van der Waals surface area contributed by atoms with E-state index in [-0.39, 0.29) is 0 Å². The predicted octanol–water partition coefficient (Wildman–Crippen LogP) is 3.68. The summed E-state index contributed by atoms with van der Waals surface area (Å²) in [6, 6.07) is 10.9. The summed E-state index contributed by atoms with van der Waals surface area (Å²) in [5.74, 6) is 0.804. The lowest BCUT2D eigenvalue weighted by atomic mass is 9.86. The Morgan fingerprint density at radius 3 is 2.95 bits per heavy atom. The second kappa shape index (κ2) is 6.32. The van der Waals surface area contributed by atoms with Gasteiger partial charge in [-0.25, -0.2) is 0 Å². The highest BCUT2D eigenvalue weighted by Crippen LogP contribution is 2.23. The van der Waals surface area contributed by atoms with Crippen LogP contribution in [-0.4, -0.2) is 17.2 Å². The lowest BCUT2D eigenvalue weighted by molar-refractivity contribution is 0.279. The van der Waals surface area contributed by atoms with Crippen molar-refractivity contribution in [1.29, 1.82) is 5.26 Å². The number of nitriles is 1. The van der Waals surface area contributed by atoms with Gasteiger partial charge in [-0.15, -0.1) is 0 Å². The summed E-state index contributed by atoms with van der Waals surface area (Å²) in [7, 11) is 0. The summed E-state index contributed by atoms with van der Waals surface area (Å²) in [5, 5.41) is 13.8. The molecule has 0 saturated heterocycles. The van der Waals surface area contributed by atoms with Crippen molar-refractivity contribution in [2.45, 2.75) is 45.2 Å². The Hall–Kier alpha value is -1.79. The van der Waals surface area contributed by atoms with E-state index in [1.807, 2.05) is 12.1 Å². The molecule has 1 aliphatic rings. The van der Waals surface area contributed by atoms with Crippen LogP contribution in [0, 0.1) is 17.2 Å². The van der Waals surface area contributed by atoms with Gasteiger partial charge in [0.1, 0.15) is 0 Å². The molecule has 1 N–H and O–H groups in total. The van der Waals surface area contributed by atoms with E-state index in [0.717, 1.165) is 30.0 Å². The SMILES string of the molecule is CC1CCCCC1NCCn1ccc2cc(C#N)ccc21. The Bertz CT molecular complexity index is 650. The second-order valence-electron chi connectivity index (χ2n) is 6.22. The van der Waals surface area contributed by atoms with Crippen molar-refractivity contribution in [3.63, 3.8) is 0 Å². The van der Waals surface area contributed by atoms with Gasteiger partial charge in [-0.1, -0.05) is 19.8 Å². The summed E-state index contributed by atoms with van der Waals surface area (Å²) in [4.78, 5) is 0. The summed E-state index contributed by atoms with van der Waals surface area (Å²) in [6.45, 7) is 4.36. The molecule has 1 saturated carbocycles. The molecule has 3 rings (SSSR count). The molecule has 1 heterocycles. The van der Waals surface area contributed by atoms with Crippen LogP contribution in [-0.2, 0) is 6.54 Å². The first-order valence-corrected chi connectivity index (χ1v) is 8.00. The predicted molar refractivity (Wildman–Crippen MR) is 86.1 cm³/mol. The zero-order valence-electron chi connectivity index (χ0n) is 12.7. The maximum Gasteiger partial charge on any atom is 0.0991 e. The highest BCUT2D eigenvalue weighted by atomic mass is 15.0. The van der Waals surface area contributed by atoms with Gasteiger partial charge in [0, 0.05) is 36.2 Å². The van der Waals surface area contributed by atoms with Crippen LogP contribution in [0.25, 0.3) is 10.9 Å². The summed E-state index contributed by atoms with van der Waals surface area (Å²) < 4.78 is 2.27. The molecule has 2 aromatic rings. The van der Waals surface area contributed by atoms with Crippen LogP contribution < -0.4 is 5.32 Å². The minimum atomic E-state index is 0.686. The van der Waals surface area contributed by atoms with Gasteiger partial charge in [-0.05, 0) is 43.0 Å². The lowest BCUT2D eigenvalue weighted by Gasteiger charge is -2.29. The lowest BCUT2D eigenvalue weighted by Crippen LogP contribution is -2.38. The summed E-state index contributed by atoms with van der Waals surface area (Å²) in [5.41, 5.74) is 1.95. The van der Waals surface area contributed by atoms with Crippen LogP contribution in [0.1, 0.15) is 38.2 Å². The molecule has 0 bridgehead atoms. The largest absolute Gasteiger partial charge is 0.346 e. The third kappa shape index (κ3) is 3.11. The number of nitrogens with zero attached hydrogens (tertiary/aromatic N) is 2. The zero-order chi connectivity index (χ0) is 14.7. The molecule has 0 radical (unpaired) electrons. The normalized spacial score (nSPS) is 22.3. The number of nitrogens with one attached hydrogen (secondary N) is 1. The third-order valence-electron chi connectivity index (χ3n) is 4.77. The van der Waals surface area contributed by atoms with Crippen LogP contribution >= 0.6 is 0 Å². The van der Waals surface area contributed by atoms with E-state index in [0.29, 0.717) is 6.04 Å². The van der Waals surface area contributed by atoms with Crippen molar-refractivity contribution >= 4 is 10.9 Å². The number of hydrogen-bond acceptors (Lipinski definition) is 2. The van der Waals surface area contributed by atoms with Crippen LogP contribution in [0.3, 0.4) is 0 Å². The van der Waals surface area contributed by atoms with Crippen molar-refractivity contribution in [2.24, 2.45) is 5.92 Å². The van der Waals surface area contributed by atoms with Gasteiger partial charge >= 0.3 is 0 Å². The smallest absolute Gasteiger partial charge is 0.0991 e. The number of fused-ring (bicyclic) bond motifs is 1. The molecule has 1 fully saturated rings. The molecule has 0 aliphatic heterocycles. The van der Waals surface area contributed by atoms with Gasteiger partial charge in [0.15, 0.2) is 0 Å². The molecule has 1 aromatic heterocycles. The Labute approximate surface area is 126 Å². The molecular weight excluding hydrogens is 258 g/mol. The third-order valence-corrected chi connectivity index (χ3v) is 4.77. The molecule has 2 atom stereocenters. The molecule has 3 nitrogen and oxygen atoms in total. The first kappa shape index (κ1) is 14.2. The highest BCUT2D eigenvalue weighted by Gasteiger charge is 2.20. The van der Waals surface area contributed by atoms with E-state index in [2.05, 4.69) is 41.2 Å². The van der Waals surface area contributed by atoms with Gasteiger partial charge in [0.05, 0.1) is 11.6 Å². The van der Waals surface area contributed by atoms with E-state index in [4.69, 9.17) is 5.26 Å².